The molecule has 0 aliphatic carbocycles. The standard InChI is InChI=1S/C89H148O17P2/c1-5-9-13-17-21-25-29-33-37-39-41-43-47-51-55-59-63-67-71-75-88(93)105-84(79-99-86(91)73-69-65-61-57-53-49-45-35-31-27-23-19-15-11-7-3)81-103-107(95,96)101-77-83(90)78-102-108(97,98)104-82-85(80-100-87(92)74-70-66-62-58-54-50-46-36-32-28-24-20-16-12-8-4)106-89(94)76-72-68-64-60-56-52-48-44-42-40-38-34-30-26-22-18-14-10-6-2/h21-23,25-27,33-38,41-46,51-52,55-56,63-64,67-68,83-85,90H,5-20,24,28-32,39-40,47-50,53-54,57-62,65-66,69-82H2,1-4H3,(H,95,96)(H,97,98)/b25-21-,26-22-,27-23-,37-33-,38-34-,43-41-,44-42-,45-35-,46-36-,55-51-,56-52-,67-63-,68-64-/t83-,84-,85-/m1/s1. The number of carbonyl (C=O) groups excluding carboxylic acids is 4. The number of hydrogen-bond donors (Lipinski definition) is 3. The van der Waals surface area contributed by atoms with Gasteiger partial charge in [-0.25, -0.2) is 9.13 Å². The number of allylic oxidation sites excluding steroid dienone is 26. The van der Waals surface area contributed by atoms with E-state index in [0.29, 0.717) is 38.5 Å². The molecule has 0 bridgehead atoms. The zero-order valence-electron chi connectivity index (χ0n) is 67.5. The maximum Gasteiger partial charge on any atom is 0.472 e. The Hall–Kier alpha value is -5.32. The summed E-state index contributed by atoms with van der Waals surface area (Å²) in [5.74, 6) is -2.40. The van der Waals surface area contributed by atoms with E-state index in [4.69, 9.17) is 37.0 Å². The third-order valence-electron chi connectivity index (χ3n) is 17.0. The van der Waals surface area contributed by atoms with Crippen LogP contribution in [0.25, 0.3) is 0 Å². The van der Waals surface area contributed by atoms with Crippen molar-refractivity contribution in [2.45, 2.75) is 341 Å². The Balaban J connectivity index is 5.54. The minimum absolute atomic E-state index is 0.0364. The maximum atomic E-state index is 13.1. The first-order valence-corrected chi connectivity index (χ1v) is 44.7. The Labute approximate surface area is 655 Å². The second-order valence-electron chi connectivity index (χ2n) is 27.3. The molecule has 17 nitrogen and oxygen atoms in total. The number of carbonyl (C=O) groups is 4. The molecule has 0 saturated heterocycles. The maximum absolute atomic E-state index is 13.1. The molecule has 0 fully saturated rings. The van der Waals surface area contributed by atoms with E-state index < -0.39 is 97.5 Å². The van der Waals surface area contributed by atoms with Crippen molar-refractivity contribution < 1.29 is 80.2 Å². The van der Waals surface area contributed by atoms with Gasteiger partial charge in [-0.2, -0.15) is 0 Å². The van der Waals surface area contributed by atoms with Crippen molar-refractivity contribution in [2.24, 2.45) is 0 Å². The number of esters is 4. The number of unbranched alkanes of at least 4 members (excludes halogenated alkanes) is 25. The van der Waals surface area contributed by atoms with E-state index in [1.54, 1.807) is 0 Å². The zero-order chi connectivity index (χ0) is 78.9. The van der Waals surface area contributed by atoms with Crippen molar-refractivity contribution >= 4 is 39.5 Å². The lowest BCUT2D eigenvalue weighted by Gasteiger charge is -2.21. The van der Waals surface area contributed by atoms with Crippen molar-refractivity contribution in [2.75, 3.05) is 39.6 Å². The first-order chi connectivity index (χ1) is 52.7. The molecule has 0 amide bonds. The molecule has 0 rings (SSSR count). The van der Waals surface area contributed by atoms with E-state index in [0.717, 1.165) is 135 Å². The molecule has 0 aliphatic rings. The number of rotatable bonds is 77. The Morgan fingerprint density at radius 1 is 0.259 bits per heavy atom. The molecule has 0 aromatic rings. The third-order valence-corrected chi connectivity index (χ3v) is 18.9. The molecule has 0 spiro atoms. The van der Waals surface area contributed by atoms with Gasteiger partial charge >= 0.3 is 39.5 Å². The number of phosphoric acid groups is 2. The van der Waals surface area contributed by atoms with Crippen LogP contribution in [0.1, 0.15) is 323 Å². The topological polar surface area (TPSA) is 237 Å². The summed E-state index contributed by atoms with van der Waals surface area (Å²) in [6.07, 6.45) is 93.9. The highest BCUT2D eigenvalue weighted by atomic mass is 31.2. The smallest absolute Gasteiger partial charge is 0.462 e. The van der Waals surface area contributed by atoms with E-state index in [-0.39, 0.29) is 25.7 Å². The van der Waals surface area contributed by atoms with Crippen molar-refractivity contribution in [1.29, 1.82) is 0 Å². The molecule has 0 radical (unpaired) electrons. The predicted molar refractivity (Wildman–Crippen MR) is 445 cm³/mol. The third kappa shape index (κ3) is 78.8. The van der Waals surface area contributed by atoms with Crippen molar-refractivity contribution in [3.63, 3.8) is 0 Å². The van der Waals surface area contributed by atoms with Crippen LogP contribution in [0.5, 0.6) is 0 Å². The number of ether oxygens (including phenoxy) is 4. The van der Waals surface area contributed by atoms with Crippen LogP contribution in [0, 0.1) is 0 Å². The molecule has 108 heavy (non-hydrogen) atoms. The summed E-state index contributed by atoms with van der Waals surface area (Å²) in [6, 6.07) is 0. The average molecular weight is 1550 g/mol. The molecule has 616 valence electrons. The van der Waals surface area contributed by atoms with Gasteiger partial charge in [0, 0.05) is 25.7 Å². The molecule has 3 N–H and O–H groups in total. The minimum atomic E-state index is -5.01. The fraction of sp³-hybridized carbons (Fsp3) is 0.663. The van der Waals surface area contributed by atoms with Crippen LogP contribution >= 0.6 is 15.6 Å². The van der Waals surface area contributed by atoms with Crippen molar-refractivity contribution in [3.8, 4) is 0 Å². The fourth-order valence-electron chi connectivity index (χ4n) is 10.6. The SMILES string of the molecule is CCCCC/C=C\C/C=C\C/C=C\C/C=C\C/C=C\CCC(=O)O[C@H](COC(=O)CCCCCCC/C=C\C/C=C\CCCCC)COP(=O)(O)OC[C@@H](O)COP(=O)(O)OC[C@@H](COC(=O)CCCCCCC/C=C\CCCCCCCC)OC(=O)CC/C=C\C/C=C\C/C=C\C/C=C\C/C=C\CCCCC. The second kappa shape index (κ2) is 79.8. The normalized spacial score (nSPS) is 14.6. The summed E-state index contributed by atoms with van der Waals surface area (Å²) in [6.45, 7) is 4.60. The van der Waals surface area contributed by atoms with Crippen molar-refractivity contribution in [1.82, 2.24) is 0 Å². The van der Waals surface area contributed by atoms with Gasteiger partial charge in [-0.3, -0.25) is 37.3 Å². The number of hydrogen-bond acceptors (Lipinski definition) is 15. The lowest BCUT2D eigenvalue weighted by Crippen LogP contribution is -2.30. The fourth-order valence-corrected chi connectivity index (χ4v) is 12.1. The van der Waals surface area contributed by atoms with Crippen LogP contribution in [0.3, 0.4) is 0 Å². The van der Waals surface area contributed by atoms with E-state index >= 15 is 0 Å². The summed E-state index contributed by atoms with van der Waals surface area (Å²) in [5, 5.41) is 10.7. The first kappa shape index (κ1) is 103. The van der Waals surface area contributed by atoms with E-state index in [1.165, 1.54) is 96.3 Å². The van der Waals surface area contributed by atoms with Crippen LogP contribution in [-0.2, 0) is 65.4 Å². The largest absolute Gasteiger partial charge is 0.472 e. The summed E-state index contributed by atoms with van der Waals surface area (Å²) in [4.78, 5) is 73.1. The van der Waals surface area contributed by atoms with Crippen LogP contribution in [0.15, 0.2) is 158 Å². The zero-order valence-corrected chi connectivity index (χ0v) is 69.3. The van der Waals surface area contributed by atoms with Gasteiger partial charge in [-0.15, -0.1) is 0 Å². The van der Waals surface area contributed by atoms with E-state index in [1.807, 2.05) is 36.5 Å². The Bertz CT molecular complexity index is 2660. The lowest BCUT2D eigenvalue weighted by molar-refractivity contribution is -0.161. The quantitative estimate of drug-likeness (QED) is 0.0169. The minimum Gasteiger partial charge on any atom is -0.462 e. The van der Waals surface area contributed by atoms with Crippen LogP contribution in [0.4, 0.5) is 0 Å². The molecule has 0 aromatic heterocycles. The van der Waals surface area contributed by atoms with Crippen LogP contribution in [-0.4, -0.2) is 96.7 Å². The first-order valence-electron chi connectivity index (χ1n) is 41.7. The monoisotopic (exact) mass is 1550 g/mol. The summed E-state index contributed by atoms with van der Waals surface area (Å²) >= 11 is 0. The molecule has 0 heterocycles. The van der Waals surface area contributed by atoms with Gasteiger partial charge in [-0.05, 0) is 161 Å². The predicted octanol–water partition coefficient (Wildman–Crippen LogP) is 24.8. The second-order valence-corrected chi connectivity index (χ2v) is 30.3. The molecular formula is C89H148O17P2. The van der Waals surface area contributed by atoms with Crippen LogP contribution < -0.4 is 0 Å². The number of aliphatic hydroxyl groups is 1. The highest BCUT2D eigenvalue weighted by Gasteiger charge is 2.30. The number of aliphatic hydroxyl groups excluding tert-OH is 1. The molecule has 19 heteroatoms. The van der Waals surface area contributed by atoms with E-state index in [2.05, 4.69) is 149 Å². The molecule has 0 saturated carbocycles. The van der Waals surface area contributed by atoms with Gasteiger partial charge in [0.15, 0.2) is 12.2 Å². The summed E-state index contributed by atoms with van der Waals surface area (Å²) in [5.41, 5.74) is 0. The lowest BCUT2D eigenvalue weighted by atomic mass is 10.1. The highest BCUT2D eigenvalue weighted by molar-refractivity contribution is 7.47. The molecule has 2 unspecified atom stereocenters. The number of phosphoric ester groups is 2. The molecule has 0 aliphatic heterocycles. The van der Waals surface area contributed by atoms with Gasteiger partial charge in [0.05, 0.1) is 26.4 Å². The highest BCUT2D eigenvalue weighted by Crippen LogP contribution is 2.45. The van der Waals surface area contributed by atoms with Gasteiger partial charge in [-0.1, -0.05) is 295 Å². The molecule has 0 aromatic carbocycles. The summed E-state index contributed by atoms with van der Waals surface area (Å²) < 4.78 is 68.5. The van der Waals surface area contributed by atoms with Crippen LogP contribution in [0.2, 0.25) is 0 Å². The Morgan fingerprint density at radius 3 is 0.759 bits per heavy atom. The summed E-state index contributed by atoms with van der Waals surface area (Å²) in [7, 11) is -10.0. The Morgan fingerprint density at radius 2 is 0.472 bits per heavy atom. The van der Waals surface area contributed by atoms with Gasteiger partial charge in [0.2, 0.25) is 0 Å². The van der Waals surface area contributed by atoms with Gasteiger partial charge in [0.1, 0.15) is 19.3 Å². The molecule has 5 atom stereocenters. The van der Waals surface area contributed by atoms with Gasteiger partial charge in [0.25, 0.3) is 0 Å². The Kier molecular flexibility index (Phi) is 75.8. The average Bonchev–Trinajstić information content (AvgIpc) is 0.907. The molecular weight excluding hydrogens is 1400 g/mol. The van der Waals surface area contributed by atoms with E-state index in [9.17, 15) is 43.2 Å². The van der Waals surface area contributed by atoms with Crippen molar-refractivity contribution in [3.05, 3.63) is 158 Å². The van der Waals surface area contributed by atoms with Gasteiger partial charge < -0.3 is 33.8 Å².